The number of benzene rings is 1. The van der Waals surface area contributed by atoms with E-state index in [2.05, 4.69) is 17.4 Å². The molecule has 1 aromatic carbocycles. The number of halogens is 1. The molecule has 0 fully saturated rings. The molecular weight excluding hydrogens is 260 g/mol. The highest BCUT2D eigenvalue weighted by Crippen LogP contribution is 2.17. The summed E-state index contributed by atoms with van der Waals surface area (Å²) in [6.45, 7) is 6.60. The standard InChI is InChI=1S/C15H24N2O.ClH/c1-15(2,3)13(16)14(18)17-11-7-10-12-8-5-4-6-9-12;/h4-6,8-9,13H,7,10-11,16H2,1-3H3,(H,17,18);1H/t13-;/m1./s1. The second-order valence-electron chi connectivity index (χ2n) is 5.72. The van der Waals surface area contributed by atoms with E-state index in [1.54, 1.807) is 0 Å². The average molecular weight is 285 g/mol. The molecule has 4 heteroatoms. The lowest BCUT2D eigenvalue weighted by molar-refractivity contribution is -0.124. The molecule has 1 aromatic rings. The Balaban J connectivity index is 0.00000324. The lowest BCUT2D eigenvalue weighted by Crippen LogP contribution is -2.48. The molecule has 0 spiro atoms. The summed E-state index contributed by atoms with van der Waals surface area (Å²) in [5.41, 5.74) is 6.98. The first-order valence-electron chi connectivity index (χ1n) is 6.48. The minimum Gasteiger partial charge on any atom is -0.355 e. The Bertz CT molecular complexity index is 373. The van der Waals surface area contributed by atoms with Crippen LogP contribution in [0.25, 0.3) is 0 Å². The number of rotatable bonds is 5. The molecule has 0 aliphatic carbocycles. The Hall–Kier alpha value is -1.06. The molecule has 1 amide bonds. The van der Waals surface area contributed by atoms with E-state index in [1.807, 2.05) is 39.0 Å². The Morgan fingerprint density at radius 2 is 1.84 bits per heavy atom. The minimum absolute atomic E-state index is 0. The molecule has 3 N–H and O–H groups in total. The van der Waals surface area contributed by atoms with E-state index < -0.39 is 6.04 Å². The third-order valence-electron chi connectivity index (χ3n) is 3.00. The lowest BCUT2D eigenvalue weighted by Gasteiger charge is -2.25. The van der Waals surface area contributed by atoms with E-state index in [0.29, 0.717) is 6.54 Å². The second kappa shape index (κ2) is 8.18. The number of aryl methyl sites for hydroxylation is 1. The number of carbonyl (C=O) groups is 1. The van der Waals surface area contributed by atoms with Crippen molar-refractivity contribution >= 4 is 18.3 Å². The second-order valence-corrected chi connectivity index (χ2v) is 5.72. The molecule has 19 heavy (non-hydrogen) atoms. The van der Waals surface area contributed by atoms with Crippen molar-refractivity contribution in [3.05, 3.63) is 35.9 Å². The van der Waals surface area contributed by atoms with E-state index in [9.17, 15) is 4.79 Å². The smallest absolute Gasteiger partial charge is 0.237 e. The number of hydrogen-bond acceptors (Lipinski definition) is 2. The number of nitrogens with two attached hydrogens (primary N) is 1. The van der Waals surface area contributed by atoms with Crippen LogP contribution in [0.4, 0.5) is 0 Å². The molecule has 0 radical (unpaired) electrons. The van der Waals surface area contributed by atoms with Gasteiger partial charge >= 0.3 is 0 Å². The third kappa shape index (κ3) is 6.60. The molecule has 1 rings (SSSR count). The van der Waals surface area contributed by atoms with Gasteiger partial charge in [-0.15, -0.1) is 12.4 Å². The van der Waals surface area contributed by atoms with Crippen molar-refractivity contribution < 1.29 is 4.79 Å². The molecule has 0 unspecified atom stereocenters. The van der Waals surface area contributed by atoms with Crippen molar-refractivity contribution in [1.29, 1.82) is 0 Å². The van der Waals surface area contributed by atoms with Crippen molar-refractivity contribution in [2.45, 2.75) is 39.7 Å². The Morgan fingerprint density at radius 3 is 2.37 bits per heavy atom. The maximum atomic E-state index is 11.8. The van der Waals surface area contributed by atoms with E-state index in [0.717, 1.165) is 12.8 Å². The molecule has 1 atom stereocenters. The van der Waals surface area contributed by atoms with Crippen LogP contribution in [0.1, 0.15) is 32.8 Å². The van der Waals surface area contributed by atoms with E-state index in [4.69, 9.17) is 5.73 Å². The maximum Gasteiger partial charge on any atom is 0.237 e. The molecule has 0 aliphatic heterocycles. The maximum absolute atomic E-state index is 11.8. The Morgan fingerprint density at radius 1 is 1.26 bits per heavy atom. The van der Waals surface area contributed by atoms with Crippen molar-refractivity contribution in [1.82, 2.24) is 5.32 Å². The van der Waals surface area contributed by atoms with E-state index >= 15 is 0 Å². The highest BCUT2D eigenvalue weighted by atomic mass is 35.5. The fourth-order valence-electron chi connectivity index (χ4n) is 1.65. The normalized spacial score (nSPS) is 12.4. The van der Waals surface area contributed by atoms with Crippen LogP contribution in [0.5, 0.6) is 0 Å². The van der Waals surface area contributed by atoms with Crippen LogP contribution in [-0.4, -0.2) is 18.5 Å². The fourth-order valence-corrected chi connectivity index (χ4v) is 1.65. The summed E-state index contributed by atoms with van der Waals surface area (Å²) in [4.78, 5) is 11.8. The highest BCUT2D eigenvalue weighted by Gasteiger charge is 2.26. The summed E-state index contributed by atoms with van der Waals surface area (Å²) >= 11 is 0. The van der Waals surface area contributed by atoms with Gasteiger partial charge in [-0.25, -0.2) is 0 Å². The molecule has 0 aliphatic rings. The minimum atomic E-state index is -0.450. The molecule has 0 saturated carbocycles. The van der Waals surface area contributed by atoms with Gasteiger partial charge < -0.3 is 11.1 Å². The van der Waals surface area contributed by atoms with Gasteiger partial charge in [0.05, 0.1) is 6.04 Å². The van der Waals surface area contributed by atoms with Crippen LogP contribution in [-0.2, 0) is 11.2 Å². The summed E-state index contributed by atoms with van der Waals surface area (Å²) in [6.07, 6.45) is 1.92. The molecular formula is C15H25ClN2O. The van der Waals surface area contributed by atoms with Crippen molar-refractivity contribution in [2.24, 2.45) is 11.1 Å². The summed E-state index contributed by atoms with van der Waals surface area (Å²) in [5, 5.41) is 2.90. The first-order chi connectivity index (χ1) is 8.41. The number of hydrogen-bond donors (Lipinski definition) is 2. The van der Waals surface area contributed by atoms with Gasteiger partial charge in [-0.1, -0.05) is 51.1 Å². The van der Waals surface area contributed by atoms with E-state index in [-0.39, 0.29) is 23.7 Å². The predicted octanol–water partition coefficient (Wildman–Crippen LogP) is 2.53. The molecule has 0 heterocycles. The van der Waals surface area contributed by atoms with Crippen molar-refractivity contribution in [3.8, 4) is 0 Å². The third-order valence-corrected chi connectivity index (χ3v) is 3.00. The lowest BCUT2D eigenvalue weighted by atomic mass is 9.87. The van der Waals surface area contributed by atoms with Gasteiger partial charge in [0.25, 0.3) is 0 Å². The average Bonchev–Trinajstić information content (AvgIpc) is 2.33. The van der Waals surface area contributed by atoms with Gasteiger partial charge in [-0.05, 0) is 23.8 Å². The predicted molar refractivity (Wildman–Crippen MR) is 82.5 cm³/mol. The largest absolute Gasteiger partial charge is 0.355 e. The zero-order valence-corrected chi connectivity index (χ0v) is 12.8. The molecule has 0 saturated heterocycles. The number of nitrogens with one attached hydrogen (secondary N) is 1. The van der Waals surface area contributed by atoms with E-state index in [1.165, 1.54) is 5.56 Å². The zero-order valence-electron chi connectivity index (χ0n) is 12.0. The summed E-state index contributed by atoms with van der Waals surface area (Å²) in [5.74, 6) is -0.0597. The SMILES string of the molecule is CC(C)(C)[C@H](N)C(=O)NCCCc1ccccc1.Cl. The van der Waals surface area contributed by atoms with Gasteiger partial charge in [0.15, 0.2) is 0 Å². The van der Waals surface area contributed by atoms with Crippen molar-refractivity contribution in [2.75, 3.05) is 6.54 Å². The van der Waals surface area contributed by atoms with Crippen LogP contribution in [0.15, 0.2) is 30.3 Å². The van der Waals surface area contributed by atoms with Gasteiger partial charge in [-0.3, -0.25) is 4.79 Å². The first-order valence-corrected chi connectivity index (χ1v) is 6.48. The van der Waals surface area contributed by atoms with Gasteiger partial charge in [-0.2, -0.15) is 0 Å². The highest BCUT2D eigenvalue weighted by molar-refractivity contribution is 5.85. The van der Waals surface area contributed by atoms with Gasteiger partial charge in [0.1, 0.15) is 0 Å². The number of carbonyl (C=O) groups excluding carboxylic acids is 1. The van der Waals surface area contributed by atoms with Crippen molar-refractivity contribution in [3.63, 3.8) is 0 Å². The van der Waals surface area contributed by atoms with Crippen LogP contribution in [0.2, 0.25) is 0 Å². The summed E-state index contributed by atoms with van der Waals surface area (Å²) in [7, 11) is 0. The van der Waals surface area contributed by atoms with Crippen LogP contribution < -0.4 is 11.1 Å². The first kappa shape index (κ1) is 17.9. The van der Waals surface area contributed by atoms with Crippen LogP contribution in [0, 0.1) is 5.41 Å². The summed E-state index contributed by atoms with van der Waals surface area (Å²) < 4.78 is 0. The molecule has 0 aromatic heterocycles. The van der Waals surface area contributed by atoms with Gasteiger partial charge in [0.2, 0.25) is 5.91 Å². The molecule has 3 nitrogen and oxygen atoms in total. The Labute approximate surface area is 122 Å². The summed E-state index contributed by atoms with van der Waals surface area (Å²) in [6, 6.07) is 9.82. The zero-order chi connectivity index (χ0) is 13.6. The monoisotopic (exact) mass is 284 g/mol. The molecule has 0 bridgehead atoms. The topological polar surface area (TPSA) is 55.1 Å². The Kier molecular flexibility index (Phi) is 7.72. The van der Waals surface area contributed by atoms with Crippen LogP contribution in [0.3, 0.4) is 0 Å². The quantitative estimate of drug-likeness (QED) is 0.817. The van der Waals surface area contributed by atoms with Gasteiger partial charge in [0, 0.05) is 6.54 Å². The molecule has 108 valence electrons. The van der Waals surface area contributed by atoms with Crippen LogP contribution >= 0.6 is 12.4 Å². The fraction of sp³-hybridized carbons (Fsp3) is 0.533. The number of amides is 1.